The standard InChI is InChI=1S/C12H16ClN3O2S/c1-19-16-6-4-9(10(17)7-16)15-12(18)11-8(13)3-2-5-14-11/h2-3,5,9-10,17H,4,6-7H2,1H3,(H,15,18). The lowest BCUT2D eigenvalue weighted by Gasteiger charge is -2.34. The molecule has 104 valence electrons. The molecule has 1 saturated heterocycles. The van der Waals surface area contributed by atoms with Gasteiger partial charge in [0.2, 0.25) is 0 Å². The van der Waals surface area contributed by atoms with E-state index in [9.17, 15) is 9.90 Å². The molecule has 1 aromatic heterocycles. The number of aliphatic hydroxyl groups excluding tert-OH is 1. The Labute approximate surface area is 121 Å². The molecule has 1 amide bonds. The number of pyridine rings is 1. The number of carbonyl (C=O) groups excluding carboxylic acids is 1. The van der Waals surface area contributed by atoms with Gasteiger partial charge in [0.15, 0.2) is 0 Å². The monoisotopic (exact) mass is 301 g/mol. The van der Waals surface area contributed by atoms with Crippen LogP contribution >= 0.6 is 23.5 Å². The average molecular weight is 302 g/mol. The number of aromatic nitrogens is 1. The first kappa shape index (κ1) is 14.6. The van der Waals surface area contributed by atoms with Gasteiger partial charge in [-0.25, -0.2) is 9.29 Å². The van der Waals surface area contributed by atoms with Gasteiger partial charge in [0.25, 0.3) is 5.91 Å². The van der Waals surface area contributed by atoms with E-state index in [1.165, 1.54) is 6.20 Å². The molecular weight excluding hydrogens is 286 g/mol. The van der Waals surface area contributed by atoms with Crippen molar-refractivity contribution in [2.24, 2.45) is 0 Å². The van der Waals surface area contributed by atoms with Gasteiger partial charge in [-0.1, -0.05) is 23.5 Å². The molecule has 0 aliphatic carbocycles. The molecule has 7 heteroatoms. The zero-order chi connectivity index (χ0) is 13.8. The molecule has 19 heavy (non-hydrogen) atoms. The quantitative estimate of drug-likeness (QED) is 0.821. The van der Waals surface area contributed by atoms with Crippen molar-refractivity contribution < 1.29 is 9.90 Å². The Bertz CT molecular complexity index is 460. The van der Waals surface area contributed by atoms with E-state index in [0.29, 0.717) is 18.0 Å². The van der Waals surface area contributed by atoms with E-state index in [1.54, 1.807) is 24.1 Å². The van der Waals surface area contributed by atoms with Gasteiger partial charge in [-0.2, -0.15) is 0 Å². The second kappa shape index (κ2) is 6.56. The van der Waals surface area contributed by atoms with Gasteiger partial charge in [0, 0.05) is 19.3 Å². The number of nitrogens with zero attached hydrogens (tertiary/aromatic N) is 2. The molecule has 2 heterocycles. The van der Waals surface area contributed by atoms with Gasteiger partial charge in [-0.05, 0) is 24.8 Å². The Morgan fingerprint density at radius 2 is 2.47 bits per heavy atom. The number of nitrogens with one attached hydrogen (secondary N) is 1. The zero-order valence-corrected chi connectivity index (χ0v) is 12.1. The molecule has 0 spiro atoms. The van der Waals surface area contributed by atoms with Crippen LogP contribution in [0.5, 0.6) is 0 Å². The van der Waals surface area contributed by atoms with Crippen molar-refractivity contribution in [3.8, 4) is 0 Å². The second-order valence-corrected chi connectivity index (χ2v) is 5.63. The van der Waals surface area contributed by atoms with E-state index in [1.807, 2.05) is 6.26 Å². The van der Waals surface area contributed by atoms with Crippen molar-refractivity contribution in [3.05, 3.63) is 29.0 Å². The van der Waals surface area contributed by atoms with E-state index in [4.69, 9.17) is 11.6 Å². The van der Waals surface area contributed by atoms with Crippen LogP contribution in [0, 0.1) is 0 Å². The molecule has 5 nitrogen and oxygen atoms in total. The number of amides is 1. The summed E-state index contributed by atoms with van der Waals surface area (Å²) in [6.45, 7) is 1.38. The maximum Gasteiger partial charge on any atom is 0.271 e. The van der Waals surface area contributed by atoms with Crippen molar-refractivity contribution in [1.82, 2.24) is 14.6 Å². The number of hydrogen-bond donors (Lipinski definition) is 2. The summed E-state index contributed by atoms with van der Waals surface area (Å²) in [7, 11) is 0. The number of rotatable bonds is 3. The third-order valence-corrected chi connectivity index (χ3v) is 4.25. The minimum Gasteiger partial charge on any atom is -0.390 e. The maximum absolute atomic E-state index is 12.0. The molecule has 2 atom stereocenters. The molecule has 0 radical (unpaired) electrons. The summed E-state index contributed by atoms with van der Waals surface area (Å²) in [5, 5.41) is 13.1. The Morgan fingerprint density at radius 3 is 3.11 bits per heavy atom. The molecule has 0 saturated carbocycles. The van der Waals surface area contributed by atoms with Crippen LogP contribution in [-0.2, 0) is 0 Å². The summed E-state index contributed by atoms with van der Waals surface area (Å²) in [6.07, 6.45) is 3.62. The number of piperidine rings is 1. The molecular formula is C12H16ClN3O2S. The fraction of sp³-hybridized carbons (Fsp3) is 0.500. The van der Waals surface area contributed by atoms with Gasteiger partial charge < -0.3 is 10.4 Å². The van der Waals surface area contributed by atoms with Crippen LogP contribution in [-0.4, -0.2) is 51.8 Å². The fourth-order valence-corrected chi connectivity index (χ4v) is 2.82. The SMILES string of the molecule is CSN1CCC(NC(=O)c2ncccc2Cl)C(O)C1. The summed E-state index contributed by atoms with van der Waals surface area (Å²) in [4.78, 5) is 16.0. The molecule has 0 aromatic carbocycles. The lowest BCUT2D eigenvalue weighted by Crippen LogP contribution is -2.52. The Balaban J connectivity index is 1.98. The van der Waals surface area contributed by atoms with E-state index < -0.39 is 6.10 Å². The lowest BCUT2D eigenvalue weighted by molar-refractivity contribution is 0.0638. The maximum atomic E-state index is 12.0. The van der Waals surface area contributed by atoms with Gasteiger partial charge >= 0.3 is 0 Å². The Kier molecular flexibility index (Phi) is 5.04. The van der Waals surface area contributed by atoms with Crippen molar-refractivity contribution >= 4 is 29.5 Å². The third kappa shape index (κ3) is 3.60. The number of β-amino-alcohol motifs (C(OH)–C–C–N with tert-alkyl or cyclic N) is 1. The van der Waals surface area contributed by atoms with Crippen LogP contribution < -0.4 is 5.32 Å². The summed E-state index contributed by atoms with van der Waals surface area (Å²) in [5.74, 6) is -0.341. The third-order valence-electron chi connectivity index (χ3n) is 3.09. The first-order valence-electron chi connectivity index (χ1n) is 6.00. The van der Waals surface area contributed by atoms with Crippen molar-refractivity contribution in [3.63, 3.8) is 0 Å². The molecule has 2 N–H and O–H groups in total. The van der Waals surface area contributed by atoms with Gasteiger partial charge in [-0.15, -0.1) is 0 Å². The van der Waals surface area contributed by atoms with Gasteiger partial charge in [-0.3, -0.25) is 4.79 Å². The summed E-state index contributed by atoms with van der Waals surface area (Å²) < 4.78 is 2.07. The highest BCUT2D eigenvalue weighted by molar-refractivity contribution is 7.96. The van der Waals surface area contributed by atoms with Crippen LogP contribution in [0.2, 0.25) is 5.02 Å². The summed E-state index contributed by atoms with van der Waals surface area (Å²) >= 11 is 7.52. The summed E-state index contributed by atoms with van der Waals surface area (Å²) in [5.41, 5.74) is 0.198. The topological polar surface area (TPSA) is 65.5 Å². The van der Waals surface area contributed by atoms with Crippen LogP contribution in [0.15, 0.2) is 18.3 Å². The largest absolute Gasteiger partial charge is 0.390 e. The smallest absolute Gasteiger partial charge is 0.271 e. The molecule has 1 fully saturated rings. The molecule has 1 aromatic rings. The minimum absolute atomic E-state index is 0.198. The van der Waals surface area contributed by atoms with Crippen LogP contribution in [0.25, 0.3) is 0 Å². The molecule has 1 aliphatic rings. The first-order chi connectivity index (χ1) is 9.11. The summed E-state index contributed by atoms with van der Waals surface area (Å²) in [6, 6.07) is 3.04. The van der Waals surface area contributed by atoms with E-state index in [-0.39, 0.29) is 17.6 Å². The van der Waals surface area contributed by atoms with Crippen molar-refractivity contribution in [2.45, 2.75) is 18.6 Å². The lowest BCUT2D eigenvalue weighted by atomic mass is 10.0. The second-order valence-electron chi connectivity index (χ2n) is 4.34. The zero-order valence-electron chi connectivity index (χ0n) is 10.5. The highest BCUT2D eigenvalue weighted by Gasteiger charge is 2.29. The molecule has 1 aliphatic heterocycles. The van der Waals surface area contributed by atoms with E-state index >= 15 is 0 Å². The van der Waals surface area contributed by atoms with Crippen LogP contribution in [0.3, 0.4) is 0 Å². The molecule has 2 unspecified atom stereocenters. The predicted octanol–water partition coefficient (Wildman–Crippen LogP) is 1.18. The molecule has 0 bridgehead atoms. The Morgan fingerprint density at radius 1 is 1.68 bits per heavy atom. The predicted molar refractivity (Wildman–Crippen MR) is 76.2 cm³/mol. The number of aliphatic hydroxyl groups is 1. The van der Waals surface area contributed by atoms with E-state index in [2.05, 4.69) is 14.6 Å². The van der Waals surface area contributed by atoms with E-state index in [0.717, 1.165) is 6.54 Å². The van der Waals surface area contributed by atoms with Crippen LogP contribution in [0.1, 0.15) is 16.9 Å². The van der Waals surface area contributed by atoms with Crippen molar-refractivity contribution in [1.29, 1.82) is 0 Å². The van der Waals surface area contributed by atoms with Gasteiger partial charge in [0.05, 0.1) is 17.2 Å². The first-order valence-corrected chi connectivity index (χ1v) is 7.56. The highest BCUT2D eigenvalue weighted by Crippen LogP contribution is 2.18. The van der Waals surface area contributed by atoms with Crippen molar-refractivity contribution in [2.75, 3.05) is 19.3 Å². The average Bonchev–Trinajstić information content (AvgIpc) is 2.41. The molecule has 2 rings (SSSR count). The fourth-order valence-electron chi connectivity index (χ4n) is 2.03. The highest BCUT2D eigenvalue weighted by atomic mass is 35.5. The Hall–Kier alpha value is -0.820. The number of carbonyl (C=O) groups is 1. The number of hydrogen-bond acceptors (Lipinski definition) is 5. The van der Waals surface area contributed by atoms with Crippen LogP contribution in [0.4, 0.5) is 0 Å². The number of halogens is 1. The minimum atomic E-state index is -0.576. The van der Waals surface area contributed by atoms with Gasteiger partial charge in [0.1, 0.15) is 5.69 Å². The normalized spacial score (nSPS) is 24.2.